The van der Waals surface area contributed by atoms with Crippen LogP contribution in [0.5, 0.6) is 0 Å². The van der Waals surface area contributed by atoms with Gasteiger partial charge in [-0.3, -0.25) is 4.79 Å². The maximum absolute atomic E-state index is 12.9. The standard InChI is InChI=1S/C18H19ClF3N5O/c1-12(26-7-9-27(10-8-26)17-23-5-2-6-24-17)16(28)25-15-11-13(18(20,21)22)3-4-14(15)19/h2-6,11-12H,7-10H2,1H3,(H,25,28)/p+1/t12-/m1/s1. The highest BCUT2D eigenvalue weighted by molar-refractivity contribution is 6.33. The quantitative estimate of drug-likeness (QED) is 0.802. The van der Waals surface area contributed by atoms with Crippen molar-refractivity contribution in [2.24, 2.45) is 0 Å². The second-order valence-electron chi connectivity index (χ2n) is 6.60. The molecule has 28 heavy (non-hydrogen) atoms. The summed E-state index contributed by atoms with van der Waals surface area (Å²) in [5.41, 5.74) is -0.896. The molecule has 1 saturated heterocycles. The molecule has 1 aromatic heterocycles. The van der Waals surface area contributed by atoms with E-state index in [2.05, 4.69) is 15.3 Å². The summed E-state index contributed by atoms with van der Waals surface area (Å²) in [4.78, 5) is 24.1. The molecule has 10 heteroatoms. The summed E-state index contributed by atoms with van der Waals surface area (Å²) in [6, 6.07) is 4.18. The Morgan fingerprint density at radius 1 is 1.25 bits per heavy atom. The number of aromatic nitrogens is 2. The van der Waals surface area contributed by atoms with Gasteiger partial charge in [-0.1, -0.05) is 11.6 Å². The van der Waals surface area contributed by atoms with Crippen LogP contribution in [0, 0.1) is 0 Å². The highest BCUT2D eigenvalue weighted by Gasteiger charge is 2.33. The predicted molar refractivity (Wildman–Crippen MR) is 99.5 cm³/mol. The van der Waals surface area contributed by atoms with Crippen LogP contribution >= 0.6 is 11.6 Å². The van der Waals surface area contributed by atoms with Gasteiger partial charge in [-0.05, 0) is 31.2 Å². The number of quaternary nitrogens is 1. The molecular formula is C18H20ClF3N5O+. The van der Waals surface area contributed by atoms with Gasteiger partial charge in [0, 0.05) is 12.4 Å². The van der Waals surface area contributed by atoms with Crippen molar-refractivity contribution in [1.82, 2.24) is 9.97 Å². The average molecular weight is 415 g/mol. The van der Waals surface area contributed by atoms with Crippen LogP contribution < -0.4 is 15.1 Å². The molecule has 2 N–H and O–H groups in total. The Hall–Kier alpha value is -2.39. The molecule has 3 rings (SSSR count). The Morgan fingerprint density at radius 3 is 2.50 bits per heavy atom. The van der Waals surface area contributed by atoms with Crippen LogP contribution in [-0.2, 0) is 11.0 Å². The van der Waals surface area contributed by atoms with Crippen molar-refractivity contribution in [3.05, 3.63) is 47.2 Å². The zero-order chi connectivity index (χ0) is 20.3. The Bertz CT molecular complexity index is 826. The number of amides is 1. The molecule has 2 aromatic rings. The topological polar surface area (TPSA) is 62.6 Å². The van der Waals surface area contributed by atoms with Crippen LogP contribution in [0.4, 0.5) is 24.8 Å². The number of carbonyl (C=O) groups is 1. The average Bonchev–Trinajstić information content (AvgIpc) is 2.69. The molecule has 0 saturated carbocycles. The fraction of sp³-hybridized carbons (Fsp3) is 0.389. The van der Waals surface area contributed by atoms with Crippen molar-refractivity contribution < 1.29 is 22.9 Å². The number of rotatable bonds is 4. The minimum atomic E-state index is -4.50. The Morgan fingerprint density at radius 2 is 1.89 bits per heavy atom. The summed E-state index contributed by atoms with van der Waals surface area (Å²) < 4.78 is 38.7. The molecular weight excluding hydrogens is 395 g/mol. The molecule has 1 aliphatic rings. The summed E-state index contributed by atoms with van der Waals surface area (Å²) >= 11 is 5.96. The number of benzene rings is 1. The van der Waals surface area contributed by atoms with Gasteiger partial charge in [0.15, 0.2) is 6.04 Å². The molecule has 1 fully saturated rings. The summed E-state index contributed by atoms with van der Waals surface area (Å²) in [6.45, 7) is 4.48. The Labute approximate surface area is 165 Å². The van der Waals surface area contributed by atoms with Gasteiger partial charge in [-0.2, -0.15) is 13.2 Å². The van der Waals surface area contributed by atoms with Crippen molar-refractivity contribution in [1.29, 1.82) is 0 Å². The number of halogens is 4. The number of nitrogens with one attached hydrogen (secondary N) is 2. The lowest BCUT2D eigenvalue weighted by atomic mass is 10.1. The van der Waals surface area contributed by atoms with E-state index in [1.54, 1.807) is 25.4 Å². The van der Waals surface area contributed by atoms with Crippen LogP contribution in [0.2, 0.25) is 5.02 Å². The van der Waals surface area contributed by atoms with Crippen molar-refractivity contribution in [3.63, 3.8) is 0 Å². The van der Waals surface area contributed by atoms with Crippen LogP contribution in [-0.4, -0.2) is 48.1 Å². The van der Waals surface area contributed by atoms with E-state index >= 15 is 0 Å². The van der Waals surface area contributed by atoms with Crippen molar-refractivity contribution in [2.45, 2.75) is 19.1 Å². The maximum Gasteiger partial charge on any atom is 0.416 e. The molecule has 0 spiro atoms. The smallest absolute Gasteiger partial charge is 0.330 e. The van der Waals surface area contributed by atoms with Crippen molar-refractivity contribution in [3.8, 4) is 0 Å². The Balaban J connectivity index is 1.61. The van der Waals surface area contributed by atoms with Gasteiger partial charge in [-0.15, -0.1) is 0 Å². The summed E-state index contributed by atoms with van der Waals surface area (Å²) in [7, 11) is 0. The first-order chi connectivity index (χ1) is 13.3. The van der Waals surface area contributed by atoms with Gasteiger partial charge in [0.1, 0.15) is 0 Å². The molecule has 2 heterocycles. The zero-order valence-electron chi connectivity index (χ0n) is 15.1. The lowest BCUT2D eigenvalue weighted by Crippen LogP contribution is -3.19. The lowest BCUT2D eigenvalue weighted by Gasteiger charge is -2.34. The van der Waals surface area contributed by atoms with Gasteiger partial charge in [0.05, 0.1) is 42.5 Å². The second kappa shape index (κ2) is 8.32. The van der Waals surface area contributed by atoms with E-state index in [-0.39, 0.29) is 16.6 Å². The molecule has 150 valence electrons. The number of nitrogens with zero attached hydrogens (tertiary/aromatic N) is 3. The van der Waals surface area contributed by atoms with E-state index in [9.17, 15) is 18.0 Å². The molecule has 0 unspecified atom stereocenters. The van der Waals surface area contributed by atoms with Gasteiger partial charge >= 0.3 is 6.18 Å². The van der Waals surface area contributed by atoms with E-state index in [4.69, 9.17) is 11.6 Å². The normalized spacial score (nSPS) is 16.7. The Kier molecular flexibility index (Phi) is 6.04. The molecule has 1 aliphatic heterocycles. The number of alkyl halides is 3. The SMILES string of the molecule is C[C@H](C(=O)Nc1cc(C(F)(F)F)ccc1Cl)[NH+]1CCN(c2ncccn2)CC1. The fourth-order valence-electron chi connectivity index (χ4n) is 3.11. The number of piperazine rings is 1. The number of anilines is 2. The first kappa shape index (κ1) is 20.3. The summed E-state index contributed by atoms with van der Waals surface area (Å²) in [5, 5.41) is 2.60. The largest absolute Gasteiger partial charge is 0.416 e. The monoisotopic (exact) mass is 414 g/mol. The van der Waals surface area contributed by atoms with Gasteiger partial charge < -0.3 is 15.1 Å². The third kappa shape index (κ3) is 4.71. The van der Waals surface area contributed by atoms with E-state index in [1.165, 1.54) is 0 Å². The number of hydrogen-bond donors (Lipinski definition) is 2. The molecule has 1 aromatic carbocycles. The first-order valence-corrected chi connectivity index (χ1v) is 9.17. The van der Waals surface area contributed by atoms with Gasteiger partial charge in [0.25, 0.3) is 5.91 Å². The highest BCUT2D eigenvalue weighted by Crippen LogP contribution is 2.33. The highest BCUT2D eigenvalue weighted by atomic mass is 35.5. The fourth-order valence-corrected chi connectivity index (χ4v) is 3.27. The molecule has 6 nitrogen and oxygen atoms in total. The summed E-state index contributed by atoms with van der Waals surface area (Å²) in [5.74, 6) is 0.273. The zero-order valence-corrected chi connectivity index (χ0v) is 15.9. The van der Waals surface area contributed by atoms with Crippen molar-refractivity contribution >= 4 is 29.1 Å². The lowest BCUT2D eigenvalue weighted by molar-refractivity contribution is -0.914. The molecule has 0 bridgehead atoms. The minimum Gasteiger partial charge on any atom is -0.330 e. The van der Waals surface area contributed by atoms with Crippen LogP contribution in [0.25, 0.3) is 0 Å². The number of carbonyl (C=O) groups excluding carboxylic acids is 1. The third-order valence-electron chi connectivity index (χ3n) is 4.80. The molecule has 0 aliphatic carbocycles. The van der Waals surface area contributed by atoms with Crippen LogP contribution in [0.15, 0.2) is 36.7 Å². The van der Waals surface area contributed by atoms with Gasteiger partial charge in [-0.25, -0.2) is 9.97 Å². The van der Waals surface area contributed by atoms with Gasteiger partial charge in [0.2, 0.25) is 5.95 Å². The first-order valence-electron chi connectivity index (χ1n) is 8.80. The molecule has 0 radical (unpaired) electrons. The van der Waals surface area contributed by atoms with Crippen LogP contribution in [0.3, 0.4) is 0 Å². The third-order valence-corrected chi connectivity index (χ3v) is 5.13. The van der Waals surface area contributed by atoms with E-state index in [1.807, 2.05) is 4.90 Å². The second-order valence-corrected chi connectivity index (χ2v) is 7.00. The maximum atomic E-state index is 12.9. The van der Waals surface area contributed by atoms with E-state index in [0.717, 1.165) is 23.1 Å². The molecule has 1 atom stereocenters. The van der Waals surface area contributed by atoms with E-state index < -0.39 is 17.8 Å². The summed E-state index contributed by atoms with van der Waals surface area (Å²) in [6.07, 6.45) is -1.15. The van der Waals surface area contributed by atoms with Crippen LogP contribution in [0.1, 0.15) is 12.5 Å². The number of hydrogen-bond acceptors (Lipinski definition) is 4. The van der Waals surface area contributed by atoms with E-state index in [0.29, 0.717) is 32.1 Å². The van der Waals surface area contributed by atoms with Crippen molar-refractivity contribution in [2.75, 3.05) is 36.4 Å². The molecule has 1 amide bonds. The predicted octanol–water partition coefficient (Wildman–Crippen LogP) is 1.88. The minimum absolute atomic E-state index is 0.0379.